The summed E-state index contributed by atoms with van der Waals surface area (Å²) >= 11 is 0. The average molecular weight is 222 g/mol. The largest absolute Gasteiger partial charge is 0.767 e. The molecule has 0 aromatic carbocycles. The summed E-state index contributed by atoms with van der Waals surface area (Å²) in [4.78, 5) is 0. The monoisotopic (exact) mass is 222 g/mol. The molecular weight excluding hydrogens is 204 g/mol. The molecule has 0 fully saturated rings. The zero-order valence-electron chi connectivity index (χ0n) is 8.78. The average Bonchev–Trinajstić information content (AvgIpc) is 2.19. The topological polar surface area (TPSA) is 54.0 Å². The summed E-state index contributed by atoms with van der Waals surface area (Å²) in [7, 11) is -2.36. The van der Waals surface area contributed by atoms with Crippen LogP contribution in [-0.4, -0.2) is 48.8 Å². The van der Waals surface area contributed by atoms with Crippen LogP contribution >= 0.6 is 0 Å². The molecular formula is C8H18O5Si. The minimum atomic E-state index is -2.36. The quantitative estimate of drug-likeness (QED) is 0.398. The molecule has 0 N–H and O–H groups in total. The molecule has 84 valence electrons. The lowest BCUT2D eigenvalue weighted by atomic mass is 10.8. The molecule has 6 heteroatoms. The van der Waals surface area contributed by atoms with Crippen LogP contribution in [0.2, 0.25) is 0 Å². The van der Waals surface area contributed by atoms with Crippen LogP contribution in [0.1, 0.15) is 13.8 Å². The predicted octanol–water partition coefficient (Wildman–Crippen LogP) is 0.508. The smallest absolute Gasteiger partial charge is 0.494 e. The van der Waals surface area contributed by atoms with Crippen LogP contribution in [0.4, 0.5) is 0 Å². The molecule has 0 amide bonds. The van der Waals surface area contributed by atoms with E-state index in [9.17, 15) is 4.46 Å². The second-order valence-corrected chi connectivity index (χ2v) is 3.42. The van der Waals surface area contributed by atoms with Gasteiger partial charge in [-0.05, 0) is 13.8 Å². The van der Waals surface area contributed by atoms with E-state index in [1.54, 1.807) is 0 Å². The van der Waals surface area contributed by atoms with Gasteiger partial charge in [0.1, 0.15) is 0 Å². The molecule has 0 spiro atoms. The van der Waals surface area contributed by atoms with Gasteiger partial charge in [-0.15, -0.1) is 0 Å². The van der Waals surface area contributed by atoms with Crippen molar-refractivity contribution in [3.05, 3.63) is 0 Å². The van der Waals surface area contributed by atoms with E-state index in [0.29, 0.717) is 39.6 Å². The maximum Gasteiger partial charge on any atom is 0.767 e. The number of hydrogen-bond donors (Lipinski definition) is 0. The SMILES string of the molecule is CCOCCO[Si](=O)OCCOCC. The Kier molecular flexibility index (Phi) is 10.3. The predicted molar refractivity (Wildman–Crippen MR) is 51.3 cm³/mol. The fraction of sp³-hybridized carbons (Fsp3) is 1.00. The van der Waals surface area contributed by atoms with Crippen molar-refractivity contribution in [3.8, 4) is 0 Å². The van der Waals surface area contributed by atoms with E-state index in [1.807, 2.05) is 13.8 Å². The Balaban J connectivity index is 3.11. The molecule has 0 aliphatic rings. The van der Waals surface area contributed by atoms with E-state index in [4.69, 9.17) is 18.3 Å². The highest BCUT2D eigenvalue weighted by atomic mass is 28.3. The van der Waals surface area contributed by atoms with E-state index >= 15 is 0 Å². The molecule has 0 unspecified atom stereocenters. The Bertz CT molecular complexity index is 128. The van der Waals surface area contributed by atoms with Gasteiger partial charge in [0.25, 0.3) is 0 Å². The summed E-state index contributed by atoms with van der Waals surface area (Å²) in [6.45, 7) is 6.55. The highest BCUT2D eigenvalue weighted by molar-refractivity contribution is 6.26. The Morgan fingerprint density at radius 1 is 0.857 bits per heavy atom. The van der Waals surface area contributed by atoms with Crippen LogP contribution in [0.5, 0.6) is 0 Å². The van der Waals surface area contributed by atoms with Crippen molar-refractivity contribution in [1.82, 2.24) is 0 Å². The molecule has 5 nitrogen and oxygen atoms in total. The van der Waals surface area contributed by atoms with Gasteiger partial charge in [-0.25, -0.2) is 0 Å². The van der Waals surface area contributed by atoms with Crippen molar-refractivity contribution in [3.63, 3.8) is 0 Å². The first kappa shape index (κ1) is 13.5. The third-order valence-corrected chi connectivity index (χ3v) is 2.18. The highest BCUT2D eigenvalue weighted by Gasteiger charge is 2.09. The van der Waals surface area contributed by atoms with E-state index in [2.05, 4.69) is 0 Å². The van der Waals surface area contributed by atoms with Gasteiger partial charge in [-0.1, -0.05) is 0 Å². The van der Waals surface area contributed by atoms with Crippen molar-refractivity contribution < 1.29 is 22.8 Å². The fourth-order valence-electron chi connectivity index (χ4n) is 0.698. The zero-order chi connectivity index (χ0) is 10.6. The molecule has 0 saturated heterocycles. The molecule has 0 bridgehead atoms. The van der Waals surface area contributed by atoms with Gasteiger partial charge >= 0.3 is 9.17 Å². The maximum atomic E-state index is 11.0. The second-order valence-electron chi connectivity index (χ2n) is 2.34. The minimum Gasteiger partial charge on any atom is -0.494 e. The first-order chi connectivity index (χ1) is 6.81. The van der Waals surface area contributed by atoms with Crippen molar-refractivity contribution in [2.75, 3.05) is 39.6 Å². The molecule has 0 radical (unpaired) electrons. The van der Waals surface area contributed by atoms with Gasteiger partial charge in [-0.2, -0.15) is 0 Å². The van der Waals surface area contributed by atoms with E-state index < -0.39 is 9.17 Å². The van der Waals surface area contributed by atoms with Crippen molar-refractivity contribution in [2.45, 2.75) is 13.8 Å². The molecule has 0 aromatic rings. The van der Waals surface area contributed by atoms with Crippen molar-refractivity contribution >= 4 is 9.17 Å². The van der Waals surface area contributed by atoms with Gasteiger partial charge in [0.2, 0.25) is 0 Å². The van der Waals surface area contributed by atoms with Gasteiger partial charge < -0.3 is 18.3 Å². The van der Waals surface area contributed by atoms with Crippen LogP contribution in [0.15, 0.2) is 0 Å². The van der Waals surface area contributed by atoms with Gasteiger partial charge in [0, 0.05) is 13.2 Å². The van der Waals surface area contributed by atoms with Gasteiger partial charge in [-0.3, -0.25) is 4.46 Å². The molecule has 0 heterocycles. The first-order valence-electron chi connectivity index (χ1n) is 4.76. The van der Waals surface area contributed by atoms with Crippen LogP contribution in [0.25, 0.3) is 0 Å². The van der Waals surface area contributed by atoms with Crippen LogP contribution in [-0.2, 0) is 22.8 Å². The van der Waals surface area contributed by atoms with Crippen LogP contribution < -0.4 is 0 Å². The second kappa shape index (κ2) is 10.6. The lowest BCUT2D eigenvalue weighted by Gasteiger charge is -2.05. The molecule has 0 aromatic heterocycles. The molecule has 14 heavy (non-hydrogen) atoms. The van der Waals surface area contributed by atoms with Gasteiger partial charge in [0.05, 0.1) is 26.4 Å². The van der Waals surface area contributed by atoms with E-state index in [0.717, 1.165) is 0 Å². The molecule has 0 atom stereocenters. The Morgan fingerprint density at radius 3 is 1.64 bits per heavy atom. The van der Waals surface area contributed by atoms with Gasteiger partial charge in [0.15, 0.2) is 0 Å². The summed E-state index contributed by atoms with van der Waals surface area (Å²) in [6.07, 6.45) is 0. The standard InChI is InChI=1S/C8H18O5Si/c1-3-10-5-7-12-14(9)13-8-6-11-4-2/h3-8H2,1-2H3. The molecule has 0 aliphatic carbocycles. The normalized spacial score (nSPS) is 9.86. The lowest BCUT2D eigenvalue weighted by molar-refractivity contribution is 0.0674. The van der Waals surface area contributed by atoms with Crippen LogP contribution in [0.3, 0.4) is 0 Å². The minimum absolute atomic E-state index is 0.306. The Labute approximate surface area is 86.2 Å². The lowest BCUT2D eigenvalue weighted by Crippen LogP contribution is -2.18. The summed E-state index contributed by atoms with van der Waals surface area (Å²) in [5, 5.41) is 0. The summed E-state index contributed by atoms with van der Waals surface area (Å²) in [5.41, 5.74) is 0. The Morgan fingerprint density at radius 2 is 1.29 bits per heavy atom. The highest BCUT2D eigenvalue weighted by Crippen LogP contribution is 1.83. The third kappa shape index (κ3) is 9.62. The number of hydrogen-bond acceptors (Lipinski definition) is 5. The third-order valence-electron chi connectivity index (χ3n) is 1.30. The van der Waals surface area contributed by atoms with Crippen LogP contribution in [0, 0.1) is 0 Å². The first-order valence-corrected chi connectivity index (χ1v) is 5.98. The molecule has 0 rings (SSSR count). The maximum absolute atomic E-state index is 11.0. The zero-order valence-corrected chi connectivity index (χ0v) is 9.78. The summed E-state index contributed by atoms with van der Waals surface area (Å²) in [6, 6.07) is 0. The fourth-order valence-corrected chi connectivity index (χ4v) is 1.28. The van der Waals surface area contributed by atoms with E-state index in [-0.39, 0.29) is 0 Å². The summed E-state index contributed by atoms with van der Waals surface area (Å²) in [5.74, 6) is 0. The van der Waals surface area contributed by atoms with Crippen molar-refractivity contribution in [2.24, 2.45) is 0 Å². The summed E-state index contributed by atoms with van der Waals surface area (Å²) < 4.78 is 30.7. The number of rotatable bonds is 10. The Hall–Kier alpha value is -0.463. The number of ether oxygens (including phenoxy) is 2. The molecule has 0 saturated carbocycles. The van der Waals surface area contributed by atoms with Crippen molar-refractivity contribution in [1.29, 1.82) is 0 Å². The molecule has 0 aliphatic heterocycles. The van der Waals surface area contributed by atoms with E-state index in [1.165, 1.54) is 0 Å².